The zero-order valence-electron chi connectivity index (χ0n) is 13.2. The molecular formula is C18H18BrNO3S. The molecular weight excluding hydrogens is 390 g/mol. The maximum Gasteiger partial charge on any atom is 0.331 e. The molecule has 0 aliphatic carbocycles. The van der Waals surface area contributed by atoms with E-state index in [2.05, 4.69) is 21.2 Å². The van der Waals surface area contributed by atoms with Crippen LogP contribution in [0.15, 0.2) is 52.3 Å². The van der Waals surface area contributed by atoms with Crippen LogP contribution >= 0.6 is 27.3 Å². The van der Waals surface area contributed by atoms with Gasteiger partial charge in [-0.3, -0.25) is 4.79 Å². The normalized spacial score (nSPS) is 12.1. The Balaban J connectivity index is 1.81. The van der Waals surface area contributed by atoms with E-state index in [1.54, 1.807) is 6.08 Å². The number of hydrogen-bond acceptors (Lipinski definition) is 4. The molecule has 1 amide bonds. The first-order valence-electron chi connectivity index (χ1n) is 7.51. The summed E-state index contributed by atoms with van der Waals surface area (Å²) < 4.78 is 5.95. The maximum atomic E-state index is 12.0. The van der Waals surface area contributed by atoms with E-state index in [0.717, 1.165) is 21.3 Å². The predicted octanol–water partition coefficient (Wildman–Crippen LogP) is 4.33. The van der Waals surface area contributed by atoms with E-state index in [4.69, 9.17) is 4.74 Å². The number of ether oxygens (including phenoxy) is 1. The first kappa shape index (κ1) is 18.4. The van der Waals surface area contributed by atoms with E-state index in [-0.39, 0.29) is 18.6 Å². The fourth-order valence-corrected chi connectivity index (χ4v) is 2.96. The van der Waals surface area contributed by atoms with Crippen molar-refractivity contribution in [2.24, 2.45) is 0 Å². The molecule has 1 atom stereocenters. The van der Waals surface area contributed by atoms with Crippen LogP contribution in [0.25, 0.3) is 6.08 Å². The van der Waals surface area contributed by atoms with Crippen molar-refractivity contribution in [2.45, 2.75) is 19.4 Å². The molecule has 0 unspecified atom stereocenters. The van der Waals surface area contributed by atoms with Gasteiger partial charge in [-0.2, -0.15) is 0 Å². The third kappa shape index (κ3) is 5.94. The fourth-order valence-electron chi connectivity index (χ4n) is 2.07. The topological polar surface area (TPSA) is 55.4 Å². The summed E-state index contributed by atoms with van der Waals surface area (Å²) in [4.78, 5) is 24.5. The summed E-state index contributed by atoms with van der Waals surface area (Å²) in [5.41, 5.74) is 1.01. The van der Waals surface area contributed by atoms with Crippen LogP contribution in [0.3, 0.4) is 0 Å². The zero-order chi connectivity index (χ0) is 17.4. The zero-order valence-corrected chi connectivity index (χ0v) is 15.6. The second kappa shape index (κ2) is 9.39. The molecule has 0 fully saturated rings. The van der Waals surface area contributed by atoms with Gasteiger partial charge in [-0.15, -0.1) is 11.3 Å². The molecule has 1 aromatic carbocycles. The van der Waals surface area contributed by atoms with Crippen LogP contribution in [-0.4, -0.2) is 18.5 Å². The van der Waals surface area contributed by atoms with Gasteiger partial charge in [0.1, 0.15) is 0 Å². The van der Waals surface area contributed by atoms with Gasteiger partial charge >= 0.3 is 5.97 Å². The number of benzene rings is 1. The lowest BCUT2D eigenvalue weighted by Crippen LogP contribution is -2.32. The molecule has 0 radical (unpaired) electrons. The van der Waals surface area contributed by atoms with Crippen molar-refractivity contribution in [3.05, 3.63) is 62.8 Å². The Bertz CT molecular complexity index is 696. The van der Waals surface area contributed by atoms with Gasteiger partial charge in [0, 0.05) is 15.4 Å². The largest absolute Gasteiger partial charge is 0.452 e. The van der Waals surface area contributed by atoms with Crippen molar-refractivity contribution in [3.63, 3.8) is 0 Å². The summed E-state index contributed by atoms with van der Waals surface area (Å²) in [7, 11) is 0. The van der Waals surface area contributed by atoms with Crippen LogP contribution in [0, 0.1) is 0 Å². The Labute approximate surface area is 153 Å². The second-order valence-electron chi connectivity index (χ2n) is 5.04. The Hall–Kier alpha value is -1.92. The van der Waals surface area contributed by atoms with Gasteiger partial charge in [-0.1, -0.05) is 41.1 Å². The average molecular weight is 408 g/mol. The number of nitrogens with one attached hydrogen (secondary N) is 1. The minimum atomic E-state index is -0.532. The second-order valence-corrected chi connectivity index (χ2v) is 6.93. The van der Waals surface area contributed by atoms with E-state index in [0.29, 0.717) is 0 Å². The highest BCUT2D eigenvalue weighted by Crippen LogP contribution is 2.19. The minimum Gasteiger partial charge on any atom is -0.452 e. The van der Waals surface area contributed by atoms with E-state index in [1.807, 2.05) is 48.7 Å². The van der Waals surface area contributed by atoms with Gasteiger partial charge in [0.05, 0.1) is 6.04 Å². The Morgan fingerprint density at radius 2 is 2.04 bits per heavy atom. The molecule has 0 spiro atoms. The fraction of sp³-hybridized carbons (Fsp3) is 0.222. The summed E-state index contributed by atoms with van der Waals surface area (Å²) in [6, 6.07) is 11.5. The first-order chi connectivity index (χ1) is 11.6. The molecule has 2 aromatic rings. The quantitative estimate of drug-likeness (QED) is 0.548. The summed E-state index contributed by atoms with van der Waals surface area (Å²) in [5.74, 6) is -0.849. The molecule has 1 aromatic heterocycles. The minimum absolute atomic E-state index is 0.106. The van der Waals surface area contributed by atoms with Crippen molar-refractivity contribution in [2.75, 3.05) is 6.61 Å². The van der Waals surface area contributed by atoms with E-state index >= 15 is 0 Å². The molecule has 6 heteroatoms. The molecule has 1 heterocycles. The van der Waals surface area contributed by atoms with Gasteiger partial charge in [0.15, 0.2) is 6.61 Å². The molecule has 0 saturated carbocycles. The number of rotatable bonds is 7. The Morgan fingerprint density at radius 3 is 2.67 bits per heavy atom. The van der Waals surface area contributed by atoms with E-state index < -0.39 is 5.97 Å². The lowest BCUT2D eigenvalue weighted by atomic mass is 10.0. The van der Waals surface area contributed by atoms with E-state index in [9.17, 15) is 9.59 Å². The van der Waals surface area contributed by atoms with Crippen LogP contribution < -0.4 is 5.32 Å². The van der Waals surface area contributed by atoms with Crippen molar-refractivity contribution in [1.29, 1.82) is 0 Å². The molecule has 1 N–H and O–H groups in total. The first-order valence-corrected chi connectivity index (χ1v) is 9.19. The third-order valence-electron chi connectivity index (χ3n) is 3.29. The number of esters is 1. The summed E-state index contributed by atoms with van der Waals surface area (Å²) in [6.45, 7) is 1.70. The van der Waals surface area contributed by atoms with Gasteiger partial charge in [0.25, 0.3) is 5.91 Å². The lowest BCUT2D eigenvalue weighted by molar-refractivity contribution is -0.144. The van der Waals surface area contributed by atoms with Gasteiger partial charge < -0.3 is 10.1 Å². The SMILES string of the molecule is CC[C@@H](NC(=O)COC(=O)/C=C/c1cccs1)c1ccc(Br)cc1. The molecule has 2 rings (SSSR count). The van der Waals surface area contributed by atoms with Crippen molar-refractivity contribution in [3.8, 4) is 0 Å². The summed E-state index contributed by atoms with van der Waals surface area (Å²) in [5, 5.41) is 4.80. The molecule has 24 heavy (non-hydrogen) atoms. The number of thiophene rings is 1. The molecule has 0 aliphatic heterocycles. The highest BCUT2D eigenvalue weighted by Gasteiger charge is 2.13. The molecule has 126 valence electrons. The van der Waals surface area contributed by atoms with Crippen LogP contribution in [0.4, 0.5) is 0 Å². The van der Waals surface area contributed by atoms with Crippen molar-refractivity contribution < 1.29 is 14.3 Å². The number of carbonyl (C=O) groups is 2. The van der Waals surface area contributed by atoms with Crippen molar-refractivity contribution in [1.82, 2.24) is 5.32 Å². The third-order valence-corrected chi connectivity index (χ3v) is 4.65. The highest BCUT2D eigenvalue weighted by molar-refractivity contribution is 9.10. The molecule has 4 nitrogen and oxygen atoms in total. The monoisotopic (exact) mass is 407 g/mol. The number of amides is 1. The number of hydrogen-bond donors (Lipinski definition) is 1. The summed E-state index contributed by atoms with van der Waals surface area (Å²) in [6.07, 6.45) is 3.74. The lowest BCUT2D eigenvalue weighted by Gasteiger charge is -2.17. The predicted molar refractivity (Wildman–Crippen MR) is 99.6 cm³/mol. The van der Waals surface area contributed by atoms with Crippen LogP contribution in [0.1, 0.15) is 29.8 Å². The van der Waals surface area contributed by atoms with Crippen LogP contribution in [-0.2, 0) is 14.3 Å². The number of carbonyl (C=O) groups excluding carboxylic acids is 2. The van der Waals surface area contributed by atoms with Gasteiger partial charge in [-0.05, 0) is 41.6 Å². The van der Waals surface area contributed by atoms with Gasteiger partial charge in [0.2, 0.25) is 0 Å². The maximum absolute atomic E-state index is 12.0. The van der Waals surface area contributed by atoms with Crippen LogP contribution in [0.5, 0.6) is 0 Å². The molecule has 0 bridgehead atoms. The van der Waals surface area contributed by atoms with E-state index in [1.165, 1.54) is 17.4 Å². The number of halogens is 1. The highest BCUT2D eigenvalue weighted by atomic mass is 79.9. The smallest absolute Gasteiger partial charge is 0.331 e. The van der Waals surface area contributed by atoms with Crippen LogP contribution in [0.2, 0.25) is 0 Å². The Kier molecular flexibility index (Phi) is 7.21. The molecule has 0 saturated heterocycles. The van der Waals surface area contributed by atoms with Gasteiger partial charge in [-0.25, -0.2) is 4.79 Å². The van der Waals surface area contributed by atoms with Crippen molar-refractivity contribution >= 4 is 45.2 Å². The summed E-state index contributed by atoms with van der Waals surface area (Å²) >= 11 is 4.91. The molecule has 0 aliphatic rings. The Morgan fingerprint density at radius 1 is 1.29 bits per heavy atom. The standard InChI is InChI=1S/C18H18BrNO3S/c1-2-16(13-5-7-14(19)8-6-13)20-17(21)12-23-18(22)10-9-15-4-3-11-24-15/h3-11,16H,2,12H2,1H3,(H,20,21)/b10-9+/t16-/m1/s1. The average Bonchev–Trinajstić information content (AvgIpc) is 3.10.